The van der Waals surface area contributed by atoms with Gasteiger partial charge >= 0.3 is 6.03 Å². The second-order valence-corrected chi connectivity index (χ2v) is 8.78. The topological polar surface area (TPSA) is 84.9 Å². The van der Waals surface area contributed by atoms with E-state index in [0.717, 1.165) is 27.2 Å². The molecular weight excluding hydrogens is 468 g/mol. The van der Waals surface area contributed by atoms with Crippen molar-refractivity contribution in [1.82, 2.24) is 5.32 Å². The van der Waals surface area contributed by atoms with Gasteiger partial charge < -0.3 is 9.47 Å². The molecule has 1 N–H and O–H groups in total. The van der Waals surface area contributed by atoms with Gasteiger partial charge in [0.1, 0.15) is 12.2 Å². The van der Waals surface area contributed by atoms with E-state index in [9.17, 15) is 14.4 Å². The van der Waals surface area contributed by atoms with Crippen LogP contribution in [0.15, 0.2) is 78.9 Å². The van der Waals surface area contributed by atoms with Crippen LogP contribution in [0, 0.1) is 13.8 Å². The highest BCUT2D eigenvalue weighted by molar-refractivity contribution is 6.39. The number of nitrogens with one attached hydrogen (secondary N) is 1. The number of hydrogen-bond donors (Lipinski definition) is 1. The maximum atomic E-state index is 13.3. The van der Waals surface area contributed by atoms with Crippen LogP contribution >= 0.6 is 0 Å². The molecular formula is C30H28N2O5. The van der Waals surface area contributed by atoms with Crippen LogP contribution in [-0.4, -0.2) is 25.0 Å². The molecule has 0 radical (unpaired) electrons. The molecule has 7 heteroatoms. The summed E-state index contributed by atoms with van der Waals surface area (Å²) in [4.78, 5) is 39.4. The lowest BCUT2D eigenvalue weighted by atomic mass is 10.0. The predicted molar refractivity (Wildman–Crippen MR) is 143 cm³/mol. The lowest BCUT2D eigenvalue weighted by Crippen LogP contribution is -2.54. The monoisotopic (exact) mass is 496 g/mol. The highest BCUT2D eigenvalue weighted by Crippen LogP contribution is 2.35. The molecule has 0 bridgehead atoms. The number of aryl methyl sites for hydroxylation is 2. The van der Waals surface area contributed by atoms with E-state index in [4.69, 9.17) is 9.47 Å². The highest BCUT2D eigenvalue weighted by Gasteiger charge is 2.36. The van der Waals surface area contributed by atoms with E-state index in [1.54, 1.807) is 36.4 Å². The molecule has 7 nitrogen and oxygen atoms in total. The van der Waals surface area contributed by atoms with Crippen LogP contribution in [0.3, 0.4) is 0 Å². The number of nitrogens with zero attached hydrogens (tertiary/aromatic N) is 1. The summed E-state index contributed by atoms with van der Waals surface area (Å²) in [5.74, 6) is -0.458. The van der Waals surface area contributed by atoms with Crippen LogP contribution in [0.2, 0.25) is 0 Å². The van der Waals surface area contributed by atoms with Gasteiger partial charge in [-0.2, -0.15) is 0 Å². The number of benzene rings is 3. The van der Waals surface area contributed by atoms with E-state index >= 15 is 0 Å². The third kappa shape index (κ3) is 5.62. The Morgan fingerprint density at radius 3 is 2.41 bits per heavy atom. The molecule has 37 heavy (non-hydrogen) atoms. The summed E-state index contributed by atoms with van der Waals surface area (Å²) in [5.41, 5.74) is 4.67. The van der Waals surface area contributed by atoms with Crippen molar-refractivity contribution in [3.05, 3.63) is 107 Å². The molecule has 0 atom stereocenters. The predicted octanol–water partition coefficient (Wildman–Crippen LogP) is 5.29. The van der Waals surface area contributed by atoms with E-state index in [2.05, 4.69) is 11.9 Å². The number of hydrogen-bond acceptors (Lipinski definition) is 5. The molecule has 1 aliphatic rings. The number of carbonyl (C=O) groups is 3. The number of anilines is 1. The average Bonchev–Trinajstić information content (AvgIpc) is 2.87. The Kier molecular flexibility index (Phi) is 7.53. The first-order valence-corrected chi connectivity index (χ1v) is 11.8. The molecule has 0 spiro atoms. The third-order valence-corrected chi connectivity index (χ3v) is 5.91. The first kappa shape index (κ1) is 25.4. The molecule has 1 fully saturated rings. The van der Waals surface area contributed by atoms with Crippen molar-refractivity contribution < 1.29 is 23.9 Å². The Bertz CT molecular complexity index is 1410. The lowest BCUT2D eigenvalue weighted by Gasteiger charge is -2.26. The standard InChI is InChI=1S/C30H28N2O5/c1-5-7-23-15-22(17-26(36-4)27(23)37-18-21-9-6-8-20(3)14-21)16-25-28(33)31-30(35)32(29(25)34)24-12-10-19(2)11-13-24/h5-6,8-17H,1,7,18H2,2-4H3,(H,31,33,35)/b25-16+. The smallest absolute Gasteiger partial charge is 0.335 e. The van der Waals surface area contributed by atoms with Crippen LogP contribution in [0.1, 0.15) is 27.8 Å². The maximum absolute atomic E-state index is 13.3. The largest absolute Gasteiger partial charge is 0.493 e. The van der Waals surface area contributed by atoms with E-state index in [1.807, 2.05) is 44.2 Å². The molecule has 1 heterocycles. The van der Waals surface area contributed by atoms with Gasteiger partial charge in [0.2, 0.25) is 0 Å². The average molecular weight is 497 g/mol. The molecule has 4 rings (SSSR count). The fraction of sp³-hybridized carbons (Fsp3) is 0.167. The number of carbonyl (C=O) groups excluding carboxylic acids is 3. The van der Waals surface area contributed by atoms with Gasteiger partial charge in [-0.3, -0.25) is 14.9 Å². The zero-order valence-electron chi connectivity index (χ0n) is 21.0. The lowest BCUT2D eigenvalue weighted by molar-refractivity contribution is -0.122. The number of amides is 4. The molecule has 0 aromatic heterocycles. The second-order valence-electron chi connectivity index (χ2n) is 8.78. The minimum absolute atomic E-state index is 0.166. The number of urea groups is 1. The van der Waals surface area contributed by atoms with E-state index in [0.29, 0.717) is 35.8 Å². The summed E-state index contributed by atoms with van der Waals surface area (Å²) in [5, 5.41) is 2.25. The van der Waals surface area contributed by atoms with Crippen molar-refractivity contribution in [1.29, 1.82) is 0 Å². The van der Waals surface area contributed by atoms with Crippen molar-refractivity contribution in [2.24, 2.45) is 0 Å². The number of methoxy groups -OCH3 is 1. The van der Waals surface area contributed by atoms with Crippen molar-refractivity contribution >= 4 is 29.6 Å². The molecule has 0 unspecified atom stereocenters. The molecule has 0 aliphatic carbocycles. The maximum Gasteiger partial charge on any atom is 0.335 e. The Morgan fingerprint density at radius 2 is 1.73 bits per heavy atom. The Hall–Kier alpha value is -4.65. The highest BCUT2D eigenvalue weighted by atomic mass is 16.5. The quantitative estimate of drug-likeness (QED) is 0.260. The SMILES string of the molecule is C=CCc1cc(/C=C2\C(=O)NC(=O)N(c3ccc(C)cc3)C2=O)cc(OC)c1OCc1cccc(C)c1. The molecule has 1 saturated heterocycles. The van der Waals surface area contributed by atoms with Gasteiger partial charge in [-0.05, 0) is 61.7 Å². The van der Waals surface area contributed by atoms with Crippen LogP contribution < -0.4 is 19.7 Å². The summed E-state index contributed by atoms with van der Waals surface area (Å²) in [6.45, 7) is 8.10. The third-order valence-electron chi connectivity index (χ3n) is 5.91. The summed E-state index contributed by atoms with van der Waals surface area (Å²) in [7, 11) is 1.53. The number of barbiturate groups is 1. The van der Waals surface area contributed by atoms with Gasteiger partial charge in [0.05, 0.1) is 12.8 Å². The van der Waals surface area contributed by atoms with Crippen LogP contribution in [0.5, 0.6) is 11.5 Å². The summed E-state index contributed by atoms with van der Waals surface area (Å²) < 4.78 is 11.8. The van der Waals surface area contributed by atoms with Crippen molar-refractivity contribution in [2.75, 3.05) is 12.0 Å². The first-order valence-electron chi connectivity index (χ1n) is 11.8. The zero-order chi connectivity index (χ0) is 26.5. The summed E-state index contributed by atoms with van der Waals surface area (Å²) in [6.07, 6.45) is 3.66. The zero-order valence-corrected chi connectivity index (χ0v) is 21.0. The minimum atomic E-state index is -0.791. The number of rotatable bonds is 8. The summed E-state index contributed by atoms with van der Waals surface area (Å²) >= 11 is 0. The van der Waals surface area contributed by atoms with Gasteiger partial charge in [0.15, 0.2) is 11.5 Å². The number of imide groups is 2. The molecule has 4 amide bonds. The normalized spacial score (nSPS) is 14.5. The van der Waals surface area contributed by atoms with Crippen LogP contribution in [0.25, 0.3) is 6.08 Å². The van der Waals surface area contributed by atoms with Gasteiger partial charge in [0, 0.05) is 5.56 Å². The molecule has 0 saturated carbocycles. The minimum Gasteiger partial charge on any atom is -0.493 e. The molecule has 1 aliphatic heterocycles. The number of allylic oxidation sites excluding steroid dienone is 1. The van der Waals surface area contributed by atoms with E-state index in [1.165, 1.54) is 13.2 Å². The Balaban J connectivity index is 1.69. The first-order chi connectivity index (χ1) is 17.8. The Morgan fingerprint density at radius 1 is 0.973 bits per heavy atom. The van der Waals surface area contributed by atoms with Gasteiger partial charge in [-0.1, -0.05) is 53.6 Å². The fourth-order valence-electron chi connectivity index (χ4n) is 4.10. The second kappa shape index (κ2) is 11.0. The van der Waals surface area contributed by atoms with Crippen LogP contribution in [0.4, 0.5) is 10.5 Å². The van der Waals surface area contributed by atoms with Crippen molar-refractivity contribution in [3.63, 3.8) is 0 Å². The molecule has 3 aromatic carbocycles. The van der Waals surface area contributed by atoms with Crippen molar-refractivity contribution in [2.45, 2.75) is 26.9 Å². The van der Waals surface area contributed by atoms with Gasteiger partial charge in [-0.25, -0.2) is 9.69 Å². The Labute approximate surface area is 216 Å². The van der Waals surface area contributed by atoms with Crippen LogP contribution in [-0.2, 0) is 22.6 Å². The van der Waals surface area contributed by atoms with E-state index in [-0.39, 0.29) is 5.57 Å². The summed E-state index contributed by atoms with van der Waals surface area (Å²) in [6, 6.07) is 17.6. The van der Waals surface area contributed by atoms with Crippen molar-refractivity contribution in [3.8, 4) is 11.5 Å². The van der Waals surface area contributed by atoms with Gasteiger partial charge in [-0.15, -0.1) is 6.58 Å². The fourth-order valence-corrected chi connectivity index (χ4v) is 4.10. The molecule has 188 valence electrons. The van der Waals surface area contributed by atoms with E-state index < -0.39 is 17.8 Å². The number of ether oxygens (including phenoxy) is 2. The van der Waals surface area contributed by atoms with Gasteiger partial charge in [0.25, 0.3) is 11.8 Å². The molecule has 3 aromatic rings.